The van der Waals surface area contributed by atoms with Crippen molar-refractivity contribution in [2.24, 2.45) is 5.92 Å². The van der Waals surface area contributed by atoms with Crippen LogP contribution < -0.4 is 0 Å². The Balaban J connectivity index is 1.50. The van der Waals surface area contributed by atoms with Crippen LogP contribution in [-0.4, -0.2) is 35.4 Å². The highest BCUT2D eigenvalue weighted by atomic mass is 16.6. The molecule has 1 aromatic heterocycles. The third kappa shape index (κ3) is 7.95. The predicted octanol–water partition coefficient (Wildman–Crippen LogP) is 6.56. The molecule has 2 aromatic rings. The minimum Gasteiger partial charge on any atom is -0.458 e. The van der Waals surface area contributed by atoms with E-state index < -0.39 is 11.7 Å². The normalized spacial score (nSPS) is 19.7. The molecule has 1 aliphatic carbocycles. The van der Waals surface area contributed by atoms with Gasteiger partial charge in [0.1, 0.15) is 17.1 Å². The van der Waals surface area contributed by atoms with E-state index in [0.29, 0.717) is 31.4 Å². The van der Waals surface area contributed by atoms with Crippen molar-refractivity contribution in [3.63, 3.8) is 0 Å². The van der Waals surface area contributed by atoms with E-state index in [4.69, 9.17) is 18.6 Å². The summed E-state index contributed by atoms with van der Waals surface area (Å²) in [5, 5.41) is 0. The van der Waals surface area contributed by atoms with Gasteiger partial charge in [0, 0.05) is 5.56 Å². The van der Waals surface area contributed by atoms with Gasteiger partial charge in [0.2, 0.25) is 5.89 Å². The first-order chi connectivity index (χ1) is 16.1. The number of rotatable bonds is 10. The summed E-state index contributed by atoms with van der Waals surface area (Å²) in [6.45, 7) is 12.7. The van der Waals surface area contributed by atoms with Crippen molar-refractivity contribution in [1.29, 1.82) is 0 Å². The molecule has 0 aliphatic heterocycles. The average molecular weight is 472 g/mol. The van der Waals surface area contributed by atoms with E-state index in [1.165, 1.54) is 5.56 Å². The van der Waals surface area contributed by atoms with Gasteiger partial charge in [-0.15, -0.1) is 0 Å². The van der Waals surface area contributed by atoms with Crippen molar-refractivity contribution in [3.8, 4) is 11.5 Å². The van der Waals surface area contributed by atoms with E-state index in [0.717, 1.165) is 49.1 Å². The summed E-state index contributed by atoms with van der Waals surface area (Å²) in [6, 6.07) is 8.17. The number of carbonyl (C=O) groups is 1. The Morgan fingerprint density at radius 3 is 2.59 bits per heavy atom. The summed E-state index contributed by atoms with van der Waals surface area (Å²) >= 11 is 0. The Morgan fingerprint density at radius 1 is 1.18 bits per heavy atom. The molecule has 3 atom stereocenters. The molecule has 1 saturated carbocycles. The van der Waals surface area contributed by atoms with Gasteiger partial charge in [0.15, 0.2) is 6.10 Å². The SMILES string of the molecule is CCCC(OCC1CCCC(OCc2nc(-c3ccc(C)cc3)oc2C)C1)C(=O)OC(C)(C)C. The molecule has 0 amide bonds. The number of ether oxygens (including phenoxy) is 3. The number of hydrogen-bond acceptors (Lipinski definition) is 6. The fraction of sp³-hybridized carbons (Fsp3) is 0.643. The number of oxazole rings is 1. The van der Waals surface area contributed by atoms with Crippen LogP contribution in [0.2, 0.25) is 0 Å². The summed E-state index contributed by atoms with van der Waals surface area (Å²) in [5.41, 5.74) is 2.52. The van der Waals surface area contributed by atoms with Crippen LogP contribution in [0.25, 0.3) is 11.5 Å². The minimum atomic E-state index is -0.505. The van der Waals surface area contributed by atoms with Crippen LogP contribution >= 0.6 is 0 Å². The van der Waals surface area contributed by atoms with Gasteiger partial charge in [0.25, 0.3) is 0 Å². The van der Waals surface area contributed by atoms with Crippen molar-refractivity contribution < 1.29 is 23.4 Å². The van der Waals surface area contributed by atoms with Crippen LogP contribution in [0.5, 0.6) is 0 Å². The smallest absolute Gasteiger partial charge is 0.335 e. The first kappa shape index (κ1) is 26.4. The van der Waals surface area contributed by atoms with Crippen LogP contribution in [0, 0.1) is 19.8 Å². The van der Waals surface area contributed by atoms with Crippen molar-refractivity contribution >= 4 is 5.97 Å². The molecule has 34 heavy (non-hydrogen) atoms. The lowest BCUT2D eigenvalue weighted by Gasteiger charge is -2.30. The minimum absolute atomic E-state index is 0.160. The number of carbonyl (C=O) groups excluding carboxylic acids is 1. The van der Waals surface area contributed by atoms with Crippen molar-refractivity contribution in [2.75, 3.05) is 6.61 Å². The maximum atomic E-state index is 12.5. The zero-order valence-electron chi connectivity index (χ0n) is 21.7. The van der Waals surface area contributed by atoms with Gasteiger partial charge in [-0.05, 0) is 78.4 Å². The molecular weight excluding hydrogens is 430 g/mol. The molecule has 1 fully saturated rings. The quantitative estimate of drug-likeness (QED) is 0.365. The molecule has 1 heterocycles. The molecule has 6 nitrogen and oxygen atoms in total. The third-order valence-corrected chi connectivity index (χ3v) is 6.14. The molecule has 0 spiro atoms. The molecule has 188 valence electrons. The lowest BCUT2D eigenvalue weighted by Crippen LogP contribution is -2.35. The number of esters is 1. The van der Waals surface area contributed by atoms with Crippen LogP contribution in [-0.2, 0) is 25.6 Å². The van der Waals surface area contributed by atoms with Gasteiger partial charge >= 0.3 is 5.97 Å². The lowest BCUT2D eigenvalue weighted by atomic mass is 9.87. The predicted molar refractivity (Wildman–Crippen MR) is 132 cm³/mol. The number of hydrogen-bond donors (Lipinski definition) is 0. The van der Waals surface area contributed by atoms with E-state index >= 15 is 0 Å². The Morgan fingerprint density at radius 2 is 1.91 bits per heavy atom. The first-order valence-electron chi connectivity index (χ1n) is 12.6. The molecule has 0 bridgehead atoms. The van der Waals surface area contributed by atoms with Crippen molar-refractivity contribution in [2.45, 2.75) is 104 Å². The molecule has 3 rings (SSSR count). The maximum Gasteiger partial charge on any atom is 0.335 e. The van der Waals surface area contributed by atoms with Crippen LogP contribution in [0.4, 0.5) is 0 Å². The summed E-state index contributed by atoms with van der Waals surface area (Å²) in [4.78, 5) is 17.2. The first-order valence-corrected chi connectivity index (χ1v) is 12.6. The number of nitrogens with zero attached hydrogens (tertiary/aromatic N) is 1. The fourth-order valence-corrected chi connectivity index (χ4v) is 4.27. The Hall–Kier alpha value is -2.18. The largest absolute Gasteiger partial charge is 0.458 e. The van der Waals surface area contributed by atoms with Gasteiger partial charge in [-0.1, -0.05) is 37.5 Å². The summed E-state index contributed by atoms with van der Waals surface area (Å²) in [7, 11) is 0. The Bertz CT molecular complexity index is 912. The Labute approximate surface area is 204 Å². The molecule has 0 radical (unpaired) electrons. The van der Waals surface area contributed by atoms with E-state index in [2.05, 4.69) is 31.0 Å². The second-order valence-corrected chi connectivity index (χ2v) is 10.5. The van der Waals surface area contributed by atoms with Crippen molar-refractivity contribution in [3.05, 3.63) is 41.3 Å². The Kier molecular flexibility index (Phi) is 9.31. The molecule has 0 saturated heterocycles. The molecule has 0 N–H and O–H groups in total. The highest BCUT2D eigenvalue weighted by molar-refractivity contribution is 5.75. The molecule has 1 aromatic carbocycles. The van der Waals surface area contributed by atoms with Crippen LogP contribution in [0.3, 0.4) is 0 Å². The van der Waals surface area contributed by atoms with E-state index in [-0.39, 0.29) is 12.1 Å². The molecule has 3 unspecified atom stereocenters. The molecular formula is C28H41NO5. The lowest BCUT2D eigenvalue weighted by molar-refractivity contribution is -0.170. The van der Waals surface area contributed by atoms with Gasteiger partial charge in [0.05, 0.1) is 19.3 Å². The van der Waals surface area contributed by atoms with E-state index in [1.54, 1.807) is 0 Å². The molecule has 1 aliphatic rings. The van der Waals surface area contributed by atoms with Gasteiger partial charge in [-0.3, -0.25) is 0 Å². The highest BCUT2D eigenvalue weighted by Gasteiger charge is 2.28. The second kappa shape index (κ2) is 12.0. The molecule has 6 heteroatoms. The highest BCUT2D eigenvalue weighted by Crippen LogP contribution is 2.29. The van der Waals surface area contributed by atoms with Gasteiger partial charge in [-0.25, -0.2) is 9.78 Å². The standard InChI is InChI=1S/C28H41NO5/c1-7-9-25(27(30)34-28(4,5)6)32-17-21-10-8-11-23(16-21)31-18-24-20(3)33-26(29-24)22-14-12-19(2)13-15-22/h12-15,21,23,25H,7-11,16-18H2,1-6H3. The number of benzene rings is 1. The summed E-state index contributed by atoms with van der Waals surface area (Å²) < 4.78 is 23.7. The monoisotopic (exact) mass is 471 g/mol. The van der Waals surface area contributed by atoms with E-state index in [9.17, 15) is 4.79 Å². The maximum absolute atomic E-state index is 12.5. The fourth-order valence-electron chi connectivity index (χ4n) is 4.27. The van der Waals surface area contributed by atoms with Crippen LogP contribution in [0.15, 0.2) is 28.7 Å². The topological polar surface area (TPSA) is 70.8 Å². The third-order valence-electron chi connectivity index (χ3n) is 6.14. The number of aryl methyl sites for hydroxylation is 2. The average Bonchev–Trinajstić information content (AvgIpc) is 3.15. The summed E-state index contributed by atoms with van der Waals surface area (Å²) in [6.07, 6.45) is 5.36. The number of aromatic nitrogens is 1. The van der Waals surface area contributed by atoms with Crippen LogP contribution in [0.1, 0.15) is 83.2 Å². The van der Waals surface area contributed by atoms with Crippen molar-refractivity contribution in [1.82, 2.24) is 4.98 Å². The van der Waals surface area contributed by atoms with Gasteiger partial charge < -0.3 is 18.6 Å². The zero-order chi connectivity index (χ0) is 24.7. The second-order valence-electron chi connectivity index (χ2n) is 10.5. The zero-order valence-corrected chi connectivity index (χ0v) is 21.7. The van der Waals surface area contributed by atoms with E-state index in [1.807, 2.05) is 39.8 Å². The van der Waals surface area contributed by atoms with Gasteiger partial charge in [-0.2, -0.15) is 0 Å². The summed E-state index contributed by atoms with van der Waals surface area (Å²) in [5.74, 6) is 1.55.